The minimum atomic E-state index is -0.863. The first kappa shape index (κ1) is 15.0. The van der Waals surface area contributed by atoms with Gasteiger partial charge in [0.1, 0.15) is 0 Å². The lowest BCUT2D eigenvalue weighted by Crippen LogP contribution is -2.28. The first-order chi connectivity index (χ1) is 10.1. The Labute approximate surface area is 125 Å². The van der Waals surface area contributed by atoms with Crippen LogP contribution in [0.15, 0.2) is 35.2 Å². The fourth-order valence-electron chi connectivity index (χ4n) is 1.76. The second-order valence-corrected chi connectivity index (χ2v) is 5.06. The molecule has 0 aliphatic rings. The number of nitrogens with one attached hydrogen (secondary N) is 2. The normalized spacial score (nSPS) is 10.1. The minimum Gasteiger partial charge on any atom is -0.481 e. The number of thiazole rings is 1. The Morgan fingerprint density at radius 3 is 2.81 bits per heavy atom. The van der Waals surface area contributed by atoms with Gasteiger partial charge in [-0.15, -0.1) is 11.3 Å². The number of carboxylic acids is 1. The molecule has 2 amide bonds. The molecule has 0 aliphatic carbocycles. The molecule has 0 saturated heterocycles. The Kier molecular flexibility index (Phi) is 5.28. The van der Waals surface area contributed by atoms with Crippen molar-refractivity contribution < 1.29 is 14.7 Å². The van der Waals surface area contributed by atoms with Crippen LogP contribution in [0.1, 0.15) is 17.7 Å². The van der Waals surface area contributed by atoms with Crippen LogP contribution in [-0.4, -0.2) is 22.1 Å². The van der Waals surface area contributed by atoms with Crippen molar-refractivity contribution in [2.45, 2.75) is 19.4 Å². The third-order valence-corrected chi connectivity index (χ3v) is 3.42. The van der Waals surface area contributed by atoms with E-state index in [1.165, 1.54) is 11.3 Å². The summed E-state index contributed by atoms with van der Waals surface area (Å²) in [5, 5.41) is 16.0. The van der Waals surface area contributed by atoms with E-state index < -0.39 is 5.97 Å². The van der Waals surface area contributed by atoms with Gasteiger partial charge in [0.15, 0.2) is 0 Å². The summed E-state index contributed by atoms with van der Waals surface area (Å²) in [6, 6.07) is 6.82. The van der Waals surface area contributed by atoms with Gasteiger partial charge in [-0.25, -0.2) is 9.78 Å². The second kappa shape index (κ2) is 7.39. The summed E-state index contributed by atoms with van der Waals surface area (Å²) in [5.74, 6) is -0.863. The highest BCUT2D eigenvalue weighted by atomic mass is 32.1. The zero-order valence-corrected chi connectivity index (χ0v) is 12.0. The minimum absolute atomic E-state index is 0.0269. The van der Waals surface area contributed by atoms with Gasteiger partial charge < -0.3 is 15.7 Å². The summed E-state index contributed by atoms with van der Waals surface area (Å²) in [4.78, 5) is 26.5. The summed E-state index contributed by atoms with van der Waals surface area (Å²) in [7, 11) is 0. The third kappa shape index (κ3) is 4.88. The largest absolute Gasteiger partial charge is 0.481 e. The molecule has 0 saturated carbocycles. The number of aromatic nitrogens is 1. The van der Waals surface area contributed by atoms with Crippen LogP contribution in [0, 0.1) is 0 Å². The fraction of sp³-hybridized carbons (Fsp3) is 0.214. The SMILES string of the molecule is O=C(O)CCc1ccccc1NC(=O)NCc1cscn1. The summed E-state index contributed by atoms with van der Waals surface area (Å²) in [6.45, 7) is 0.354. The first-order valence-corrected chi connectivity index (χ1v) is 7.31. The van der Waals surface area contributed by atoms with E-state index in [2.05, 4.69) is 15.6 Å². The highest BCUT2D eigenvalue weighted by molar-refractivity contribution is 7.07. The number of nitrogens with zero attached hydrogens (tertiary/aromatic N) is 1. The number of hydrogen-bond donors (Lipinski definition) is 3. The van der Waals surface area contributed by atoms with Crippen molar-refractivity contribution in [3.05, 3.63) is 46.4 Å². The highest BCUT2D eigenvalue weighted by Crippen LogP contribution is 2.16. The van der Waals surface area contributed by atoms with E-state index in [9.17, 15) is 9.59 Å². The number of amides is 2. The van der Waals surface area contributed by atoms with Crippen LogP contribution in [0.4, 0.5) is 10.5 Å². The van der Waals surface area contributed by atoms with E-state index in [-0.39, 0.29) is 12.5 Å². The summed E-state index contributed by atoms with van der Waals surface area (Å²) >= 11 is 1.47. The maximum Gasteiger partial charge on any atom is 0.319 e. The van der Waals surface area contributed by atoms with E-state index in [1.54, 1.807) is 23.7 Å². The molecule has 0 unspecified atom stereocenters. The van der Waals surface area contributed by atoms with E-state index >= 15 is 0 Å². The van der Waals surface area contributed by atoms with Crippen LogP contribution >= 0.6 is 11.3 Å². The number of carbonyl (C=O) groups is 2. The van der Waals surface area contributed by atoms with Crippen molar-refractivity contribution in [2.75, 3.05) is 5.32 Å². The van der Waals surface area contributed by atoms with E-state index in [0.29, 0.717) is 18.7 Å². The zero-order valence-electron chi connectivity index (χ0n) is 11.2. The van der Waals surface area contributed by atoms with E-state index in [1.807, 2.05) is 11.4 Å². The van der Waals surface area contributed by atoms with Crippen LogP contribution < -0.4 is 10.6 Å². The Bertz CT molecular complexity index is 614. The van der Waals surface area contributed by atoms with E-state index in [0.717, 1.165) is 11.3 Å². The van der Waals surface area contributed by atoms with Crippen molar-refractivity contribution in [1.82, 2.24) is 10.3 Å². The number of anilines is 1. The van der Waals surface area contributed by atoms with Gasteiger partial charge in [-0.05, 0) is 18.1 Å². The molecule has 110 valence electrons. The molecule has 1 aromatic carbocycles. The molecule has 2 rings (SSSR count). The maximum atomic E-state index is 11.8. The molecule has 0 bridgehead atoms. The number of benzene rings is 1. The fourth-order valence-corrected chi connectivity index (χ4v) is 2.32. The van der Waals surface area contributed by atoms with Crippen LogP contribution in [0.5, 0.6) is 0 Å². The van der Waals surface area contributed by atoms with Gasteiger partial charge in [-0.2, -0.15) is 0 Å². The number of carboxylic acid groups (broad SMARTS) is 1. The average molecular weight is 305 g/mol. The van der Waals surface area contributed by atoms with E-state index in [4.69, 9.17) is 5.11 Å². The Morgan fingerprint density at radius 1 is 1.29 bits per heavy atom. The van der Waals surface area contributed by atoms with Gasteiger partial charge in [-0.3, -0.25) is 4.79 Å². The Morgan fingerprint density at radius 2 is 2.10 bits per heavy atom. The molecule has 21 heavy (non-hydrogen) atoms. The number of rotatable bonds is 6. The molecule has 0 spiro atoms. The number of carbonyl (C=O) groups excluding carboxylic acids is 1. The monoisotopic (exact) mass is 305 g/mol. The molecule has 0 aliphatic heterocycles. The van der Waals surface area contributed by atoms with Crippen LogP contribution in [0.3, 0.4) is 0 Å². The Hall–Kier alpha value is -2.41. The van der Waals surface area contributed by atoms with Gasteiger partial charge in [0.2, 0.25) is 0 Å². The molecule has 3 N–H and O–H groups in total. The molecule has 0 fully saturated rings. The molecule has 0 radical (unpaired) electrons. The molecule has 1 heterocycles. The lowest BCUT2D eigenvalue weighted by atomic mass is 10.1. The summed E-state index contributed by atoms with van der Waals surface area (Å²) in [6.07, 6.45) is 0.400. The quantitative estimate of drug-likeness (QED) is 0.764. The van der Waals surface area contributed by atoms with Gasteiger partial charge in [0.25, 0.3) is 0 Å². The number of para-hydroxylation sites is 1. The van der Waals surface area contributed by atoms with Crippen LogP contribution in [0.25, 0.3) is 0 Å². The van der Waals surface area contributed by atoms with Gasteiger partial charge in [-0.1, -0.05) is 18.2 Å². The first-order valence-electron chi connectivity index (χ1n) is 6.37. The van der Waals surface area contributed by atoms with Crippen LogP contribution in [0.2, 0.25) is 0 Å². The van der Waals surface area contributed by atoms with Crippen LogP contribution in [-0.2, 0) is 17.8 Å². The zero-order chi connectivity index (χ0) is 15.1. The summed E-state index contributed by atoms with van der Waals surface area (Å²) in [5.41, 5.74) is 3.92. The lowest BCUT2D eigenvalue weighted by Gasteiger charge is -2.11. The topological polar surface area (TPSA) is 91.3 Å². The molecule has 6 nitrogen and oxygen atoms in total. The number of hydrogen-bond acceptors (Lipinski definition) is 4. The lowest BCUT2D eigenvalue weighted by molar-refractivity contribution is -0.136. The third-order valence-electron chi connectivity index (χ3n) is 2.79. The number of aliphatic carboxylic acids is 1. The number of aryl methyl sites for hydroxylation is 1. The predicted molar refractivity (Wildman–Crippen MR) is 80.4 cm³/mol. The van der Waals surface area contributed by atoms with Gasteiger partial charge in [0.05, 0.1) is 17.7 Å². The predicted octanol–water partition coefficient (Wildman–Crippen LogP) is 2.48. The second-order valence-electron chi connectivity index (χ2n) is 4.34. The standard InChI is InChI=1S/C14H15N3O3S/c18-13(19)6-5-10-3-1-2-4-12(10)17-14(20)15-7-11-8-21-9-16-11/h1-4,8-9H,5-7H2,(H,18,19)(H2,15,17,20). The molecule has 2 aromatic rings. The molecule has 7 heteroatoms. The number of urea groups is 1. The van der Waals surface area contributed by atoms with Crippen molar-refractivity contribution in [1.29, 1.82) is 0 Å². The maximum absolute atomic E-state index is 11.8. The Balaban J connectivity index is 1.92. The van der Waals surface area contributed by atoms with Gasteiger partial charge in [0, 0.05) is 17.5 Å². The molecular formula is C14H15N3O3S. The van der Waals surface area contributed by atoms with Crippen molar-refractivity contribution in [3.63, 3.8) is 0 Å². The summed E-state index contributed by atoms with van der Waals surface area (Å²) < 4.78 is 0. The van der Waals surface area contributed by atoms with Crippen molar-refractivity contribution in [3.8, 4) is 0 Å². The van der Waals surface area contributed by atoms with Crippen molar-refractivity contribution >= 4 is 29.0 Å². The highest BCUT2D eigenvalue weighted by Gasteiger charge is 2.08. The van der Waals surface area contributed by atoms with Gasteiger partial charge >= 0.3 is 12.0 Å². The average Bonchev–Trinajstić information content (AvgIpc) is 2.97. The molecular weight excluding hydrogens is 290 g/mol. The smallest absolute Gasteiger partial charge is 0.319 e. The molecule has 1 aromatic heterocycles. The molecule has 0 atom stereocenters. The van der Waals surface area contributed by atoms with Crippen molar-refractivity contribution in [2.24, 2.45) is 0 Å².